The molecule has 6 nitrogen and oxygen atoms in total. The molecule has 0 amide bonds. The van der Waals surface area contributed by atoms with E-state index in [0.29, 0.717) is 34.7 Å². The zero-order valence-corrected chi connectivity index (χ0v) is 16.5. The minimum atomic E-state index is -0.444. The van der Waals surface area contributed by atoms with Gasteiger partial charge in [0, 0.05) is 17.1 Å². The highest BCUT2D eigenvalue weighted by Crippen LogP contribution is 2.32. The van der Waals surface area contributed by atoms with Crippen LogP contribution >= 0.6 is 11.3 Å². The Morgan fingerprint density at radius 2 is 2.03 bits per heavy atom. The van der Waals surface area contributed by atoms with Crippen molar-refractivity contribution >= 4 is 44.7 Å². The van der Waals surface area contributed by atoms with Crippen molar-refractivity contribution in [3.05, 3.63) is 71.6 Å². The van der Waals surface area contributed by atoms with Gasteiger partial charge in [-0.15, -0.1) is 11.3 Å². The molecule has 0 fully saturated rings. The van der Waals surface area contributed by atoms with Crippen LogP contribution < -0.4 is 5.32 Å². The number of thiophene rings is 1. The lowest BCUT2D eigenvalue weighted by atomic mass is 10.1. The predicted octanol–water partition coefficient (Wildman–Crippen LogP) is 4.60. The minimum Gasteiger partial charge on any atom is -0.360 e. The first-order chi connectivity index (χ1) is 14.7. The van der Waals surface area contributed by atoms with Gasteiger partial charge in [0.15, 0.2) is 5.82 Å². The fourth-order valence-corrected chi connectivity index (χ4v) is 4.19. The number of benzene rings is 1. The highest BCUT2D eigenvalue weighted by molar-refractivity contribution is 7.16. The maximum atomic E-state index is 13.8. The number of nitrogens with zero attached hydrogens (tertiary/aromatic N) is 3. The van der Waals surface area contributed by atoms with E-state index in [1.54, 1.807) is 6.20 Å². The molecule has 2 N–H and O–H groups in total. The van der Waals surface area contributed by atoms with E-state index in [2.05, 4.69) is 25.3 Å². The molecule has 0 radical (unpaired) electrons. The highest BCUT2D eigenvalue weighted by Gasteiger charge is 2.17. The number of aromatic nitrogens is 4. The second kappa shape index (κ2) is 7.64. The Hall–Kier alpha value is -3.65. The van der Waals surface area contributed by atoms with Crippen LogP contribution in [0.5, 0.6) is 0 Å². The van der Waals surface area contributed by atoms with Crippen molar-refractivity contribution < 1.29 is 9.18 Å². The van der Waals surface area contributed by atoms with E-state index in [4.69, 9.17) is 0 Å². The molecule has 0 aliphatic rings. The van der Waals surface area contributed by atoms with Crippen LogP contribution in [0.3, 0.4) is 0 Å². The molecule has 148 valence electrons. The number of anilines is 1. The summed E-state index contributed by atoms with van der Waals surface area (Å²) in [4.78, 5) is 29.0. The normalized spacial score (nSPS) is 12.3. The summed E-state index contributed by atoms with van der Waals surface area (Å²) in [5.41, 5.74) is 2.27. The van der Waals surface area contributed by atoms with E-state index in [9.17, 15) is 9.18 Å². The van der Waals surface area contributed by atoms with Crippen molar-refractivity contribution in [3.8, 4) is 11.4 Å². The van der Waals surface area contributed by atoms with Crippen LogP contribution in [0, 0.1) is 5.82 Å². The summed E-state index contributed by atoms with van der Waals surface area (Å²) in [6, 6.07) is 12.7. The third-order valence-corrected chi connectivity index (χ3v) is 5.66. The van der Waals surface area contributed by atoms with Crippen molar-refractivity contribution in [1.29, 1.82) is 0 Å². The second-order valence-electron chi connectivity index (χ2n) is 6.86. The average Bonchev–Trinajstić information content (AvgIpc) is 3.40. The largest absolute Gasteiger partial charge is 0.360 e. The maximum Gasteiger partial charge on any atom is 0.165 e. The summed E-state index contributed by atoms with van der Waals surface area (Å²) in [5, 5.41) is 6.63. The molecule has 1 aromatic carbocycles. The number of aromatic amines is 1. The number of carbonyl (C=O) groups excluding carboxylic acids is 1. The van der Waals surface area contributed by atoms with Gasteiger partial charge in [-0.05, 0) is 29.5 Å². The van der Waals surface area contributed by atoms with Gasteiger partial charge in [0.1, 0.15) is 28.4 Å². The number of nitrogens with one attached hydrogen (secondary N) is 2. The van der Waals surface area contributed by atoms with Crippen molar-refractivity contribution in [3.63, 3.8) is 0 Å². The van der Waals surface area contributed by atoms with Crippen LogP contribution in [0.4, 0.5) is 10.2 Å². The van der Waals surface area contributed by atoms with Gasteiger partial charge in [-0.1, -0.05) is 30.3 Å². The Bertz CT molecular complexity index is 1350. The van der Waals surface area contributed by atoms with E-state index < -0.39 is 11.9 Å². The number of carbonyl (C=O) groups is 1. The molecule has 0 saturated heterocycles. The van der Waals surface area contributed by atoms with Crippen molar-refractivity contribution in [1.82, 2.24) is 19.9 Å². The molecule has 5 rings (SSSR count). The van der Waals surface area contributed by atoms with Crippen LogP contribution in [-0.4, -0.2) is 32.3 Å². The smallest absolute Gasteiger partial charge is 0.165 e. The molecule has 8 heteroatoms. The van der Waals surface area contributed by atoms with Crippen LogP contribution in [0.15, 0.2) is 60.2 Å². The summed E-state index contributed by atoms with van der Waals surface area (Å²) in [6.45, 7) is 0. The summed E-state index contributed by atoms with van der Waals surface area (Å²) in [5.74, 6) is 0.584. The van der Waals surface area contributed by atoms with Gasteiger partial charge in [-0.25, -0.2) is 19.3 Å². The number of H-pyrrole nitrogens is 1. The lowest BCUT2D eigenvalue weighted by Crippen LogP contribution is -2.24. The van der Waals surface area contributed by atoms with Crippen molar-refractivity contribution in [2.45, 2.75) is 12.5 Å². The third-order valence-electron chi connectivity index (χ3n) is 4.85. The van der Waals surface area contributed by atoms with E-state index >= 15 is 0 Å². The van der Waals surface area contributed by atoms with Gasteiger partial charge in [-0.2, -0.15) is 0 Å². The zero-order chi connectivity index (χ0) is 20.5. The van der Waals surface area contributed by atoms with E-state index in [1.165, 1.54) is 17.4 Å². The lowest BCUT2D eigenvalue weighted by molar-refractivity contribution is -0.108. The first-order valence-corrected chi connectivity index (χ1v) is 10.2. The minimum absolute atomic E-state index is 0.428. The Kier molecular flexibility index (Phi) is 4.68. The lowest BCUT2D eigenvalue weighted by Gasteiger charge is -2.15. The number of fused-ring (bicyclic) bond motifs is 2. The summed E-state index contributed by atoms with van der Waals surface area (Å²) in [7, 11) is 0. The molecule has 0 aliphatic carbocycles. The standard InChI is InChI=1S/C22H16FN5OS/c23-14-9-17-18(11-25-19(17)24-10-14)21-27-20(16-6-7-30-22(16)28-21)26-15(12-29)8-13-4-2-1-3-5-13/h1-7,9-12,15H,8H2,(H,24,25)(H,26,27,28). The average molecular weight is 417 g/mol. The van der Waals surface area contributed by atoms with Crippen LogP contribution in [0.2, 0.25) is 0 Å². The molecule has 0 spiro atoms. The first kappa shape index (κ1) is 18.4. The molecule has 4 heterocycles. The number of halogens is 1. The maximum absolute atomic E-state index is 13.8. The SMILES string of the molecule is O=CC(Cc1ccccc1)Nc1nc(-c2c[nH]c3ncc(F)cc23)nc2sccc12. The van der Waals surface area contributed by atoms with Crippen LogP contribution in [0.25, 0.3) is 32.6 Å². The van der Waals surface area contributed by atoms with Crippen molar-refractivity contribution in [2.24, 2.45) is 0 Å². The predicted molar refractivity (Wildman–Crippen MR) is 116 cm³/mol. The summed E-state index contributed by atoms with van der Waals surface area (Å²) >= 11 is 1.48. The first-order valence-electron chi connectivity index (χ1n) is 9.35. The van der Waals surface area contributed by atoms with E-state index in [0.717, 1.165) is 28.3 Å². The highest BCUT2D eigenvalue weighted by atomic mass is 32.1. The summed E-state index contributed by atoms with van der Waals surface area (Å²) in [6.07, 6.45) is 4.31. The van der Waals surface area contributed by atoms with Crippen LogP contribution in [0.1, 0.15) is 5.56 Å². The zero-order valence-electron chi connectivity index (χ0n) is 15.7. The Morgan fingerprint density at radius 3 is 2.87 bits per heavy atom. The Morgan fingerprint density at radius 1 is 1.17 bits per heavy atom. The molecule has 0 aliphatic heterocycles. The Balaban J connectivity index is 1.56. The van der Waals surface area contributed by atoms with Gasteiger partial charge in [0.05, 0.1) is 17.6 Å². The van der Waals surface area contributed by atoms with E-state index in [-0.39, 0.29) is 0 Å². The quantitative estimate of drug-likeness (QED) is 0.395. The molecule has 4 aromatic heterocycles. The number of aldehydes is 1. The third kappa shape index (κ3) is 3.42. The van der Waals surface area contributed by atoms with Crippen LogP contribution in [-0.2, 0) is 11.2 Å². The molecule has 30 heavy (non-hydrogen) atoms. The van der Waals surface area contributed by atoms with Gasteiger partial charge >= 0.3 is 0 Å². The topological polar surface area (TPSA) is 83.6 Å². The molecule has 0 saturated carbocycles. The number of hydrogen-bond acceptors (Lipinski definition) is 6. The number of rotatable bonds is 6. The van der Waals surface area contributed by atoms with Gasteiger partial charge in [-0.3, -0.25) is 0 Å². The monoisotopic (exact) mass is 417 g/mol. The molecule has 1 unspecified atom stereocenters. The molecular weight excluding hydrogens is 401 g/mol. The second-order valence-corrected chi connectivity index (χ2v) is 7.76. The van der Waals surface area contributed by atoms with Gasteiger partial charge in [0.2, 0.25) is 0 Å². The molecular formula is C22H16FN5OS. The fourth-order valence-electron chi connectivity index (χ4n) is 3.43. The fraction of sp³-hybridized carbons (Fsp3) is 0.0909. The number of pyridine rings is 1. The molecule has 5 aromatic rings. The van der Waals surface area contributed by atoms with E-state index in [1.807, 2.05) is 41.8 Å². The molecule has 1 atom stereocenters. The number of hydrogen-bond donors (Lipinski definition) is 2. The molecule has 0 bridgehead atoms. The van der Waals surface area contributed by atoms with Crippen molar-refractivity contribution in [2.75, 3.05) is 5.32 Å². The van der Waals surface area contributed by atoms with Gasteiger partial charge < -0.3 is 15.1 Å². The van der Waals surface area contributed by atoms with Gasteiger partial charge in [0.25, 0.3) is 0 Å². The summed E-state index contributed by atoms with van der Waals surface area (Å²) < 4.78 is 13.8. The Labute approximate surface area is 174 Å².